The van der Waals surface area contributed by atoms with Crippen LogP contribution in [0.3, 0.4) is 0 Å². The average molecular weight is 533 g/mol. The first-order chi connectivity index (χ1) is 18.0. The number of halogens is 1. The fourth-order valence-corrected chi connectivity index (χ4v) is 4.96. The Morgan fingerprint density at radius 1 is 1.21 bits per heavy atom. The number of nitrogens with zero attached hydrogens (tertiary/aromatic N) is 5. The summed E-state index contributed by atoms with van der Waals surface area (Å²) in [5.41, 5.74) is 8.30. The number of ketones is 1. The Kier molecular flexibility index (Phi) is 8.15. The minimum Gasteiger partial charge on any atom is -0.497 e. The van der Waals surface area contributed by atoms with Gasteiger partial charge in [0.2, 0.25) is 0 Å². The molecule has 10 heteroatoms. The number of methoxy groups -OCH3 is 1. The summed E-state index contributed by atoms with van der Waals surface area (Å²) in [5.74, 6) is 0.968. The number of carbonyl (C=O) groups is 1. The van der Waals surface area contributed by atoms with E-state index in [4.69, 9.17) is 10.5 Å². The third kappa shape index (κ3) is 5.14. The molecule has 2 N–H and O–H groups in total. The SMILES string of the molecule is COc1cccc(C(=O)Cn2cnc3c(C#N)c(N4CCC[C@H](N)C4)n(Cc4ccccc4)c3c2=O)c1.Cl. The lowest BCUT2D eigenvalue weighted by Crippen LogP contribution is -2.44. The van der Waals surface area contributed by atoms with Crippen molar-refractivity contribution in [3.63, 3.8) is 0 Å². The summed E-state index contributed by atoms with van der Waals surface area (Å²) in [6.45, 7) is 1.51. The number of hydrogen-bond acceptors (Lipinski definition) is 7. The van der Waals surface area contributed by atoms with Crippen LogP contribution in [0.1, 0.15) is 34.3 Å². The fraction of sp³-hybridized carbons (Fsp3) is 0.286. The smallest absolute Gasteiger partial charge is 0.278 e. The predicted octanol–water partition coefficient (Wildman–Crippen LogP) is 3.36. The van der Waals surface area contributed by atoms with E-state index in [0.717, 1.165) is 24.9 Å². The summed E-state index contributed by atoms with van der Waals surface area (Å²) in [5, 5.41) is 10.2. The van der Waals surface area contributed by atoms with E-state index in [-0.39, 0.29) is 36.3 Å². The van der Waals surface area contributed by atoms with Crippen molar-refractivity contribution in [2.75, 3.05) is 25.1 Å². The van der Waals surface area contributed by atoms with Crippen LogP contribution in [-0.2, 0) is 13.1 Å². The van der Waals surface area contributed by atoms with Gasteiger partial charge in [0.25, 0.3) is 5.56 Å². The molecule has 2 aromatic carbocycles. The van der Waals surface area contributed by atoms with Crippen LogP contribution in [0.4, 0.5) is 5.82 Å². The van der Waals surface area contributed by atoms with Crippen LogP contribution < -0.4 is 20.9 Å². The van der Waals surface area contributed by atoms with Gasteiger partial charge in [0.15, 0.2) is 5.78 Å². The van der Waals surface area contributed by atoms with Gasteiger partial charge in [0, 0.05) is 31.2 Å². The van der Waals surface area contributed by atoms with Gasteiger partial charge in [-0.3, -0.25) is 14.2 Å². The van der Waals surface area contributed by atoms with Crippen molar-refractivity contribution in [1.29, 1.82) is 5.26 Å². The van der Waals surface area contributed by atoms with Crippen molar-refractivity contribution in [2.24, 2.45) is 5.73 Å². The van der Waals surface area contributed by atoms with E-state index in [9.17, 15) is 14.9 Å². The molecule has 196 valence electrons. The Morgan fingerprint density at radius 2 is 2.00 bits per heavy atom. The molecule has 3 heterocycles. The highest BCUT2D eigenvalue weighted by molar-refractivity contribution is 5.96. The number of Topliss-reactive ketones (excluding diaryl/α,β-unsaturated/α-hetero) is 1. The van der Waals surface area contributed by atoms with Crippen molar-refractivity contribution in [3.05, 3.63) is 88.0 Å². The van der Waals surface area contributed by atoms with E-state index in [2.05, 4.69) is 16.0 Å². The second-order valence-corrected chi connectivity index (χ2v) is 9.26. The number of aromatic nitrogens is 3. The molecule has 1 aliphatic heterocycles. The number of fused-ring (bicyclic) bond motifs is 1. The van der Waals surface area contributed by atoms with Gasteiger partial charge in [-0.25, -0.2) is 4.98 Å². The van der Waals surface area contributed by atoms with Crippen LogP contribution in [0, 0.1) is 11.3 Å². The number of anilines is 1. The molecule has 1 saturated heterocycles. The zero-order valence-electron chi connectivity index (χ0n) is 21.0. The molecule has 2 aromatic heterocycles. The summed E-state index contributed by atoms with van der Waals surface area (Å²) in [4.78, 5) is 33.5. The zero-order valence-corrected chi connectivity index (χ0v) is 21.9. The highest BCUT2D eigenvalue weighted by Crippen LogP contribution is 2.32. The number of carbonyl (C=O) groups excluding carboxylic acids is 1. The number of benzene rings is 2. The minimum atomic E-state index is -0.374. The molecule has 4 aromatic rings. The lowest BCUT2D eigenvalue weighted by Gasteiger charge is -2.33. The van der Waals surface area contributed by atoms with Crippen molar-refractivity contribution >= 4 is 35.0 Å². The van der Waals surface area contributed by atoms with Crippen LogP contribution in [-0.4, -0.2) is 46.1 Å². The van der Waals surface area contributed by atoms with Crippen molar-refractivity contribution in [3.8, 4) is 11.8 Å². The van der Waals surface area contributed by atoms with Crippen LogP contribution >= 0.6 is 12.4 Å². The molecule has 0 saturated carbocycles. The normalized spacial score (nSPS) is 15.1. The van der Waals surface area contributed by atoms with Gasteiger partial charge in [0.05, 0.1) is 20.0 Å². The summed E-state index contributed by atoms with van der Waals surface area (Å²) in [7, 11) is 1.53. The van der Waals surface area contributed by atoms with Crippen LogP contribution in [0.5, 0.6) is 5.75 Å². The molecular formula is C28H29ClN6O3. The predicted molar refractivity (Wildman–Crippen MR) is 148 cm³/mol. The monoisotopic (exact) mass is 532 g/mol. The summed E-state index contributed by atoms with van der Waals surface area (Å²) >= 11 is 0. The molecule has 38 heavy (non-hydrogen) atoms. The second kappa shape index (κ2) is 11.5. The second-order valence-electron chi connectivity index (χ2n) is 9.26. The molecule has 0 radical (unpaired) electrons. The Bertz CT molecular complexity index is 1560. The minimum absolute atomic E-state index is 0. The van der Waals surface area contributed by atoms with Crippen molar-refractivity contribution in [1.82, 2.24) is 14.1 Å². The Morgan fingerprint density at radius 3 is 2.71 bits per heavy atom. The van der Waals surface area contributed by atoms with E-state index in [1.54, 1.807) is 24.3 Å². The Labute approximate surface area is 226 Å². The van der Waals surface area contributed by atoms with E-state index in [1.807, 2.05) is 34.9 Å². The van der Waals surface area contributed by atoms with E-state index < -0.39 is 0 Å². The highest BCUT2D eigenvalue weighted by atomic mass is 35.5. The van der Waals surface area contributed by atoms with Gasteiger partial charge in [-0.2, -0.15) is 5.26 Å². The number of nitrogens with two attached hydrogens (primary N) is 1. The van der Waals surface area contributed by atoms with E-state index in [0.29, 0.717) is 46.8 Å². The summed E-state index contributed by atoms with van der Waals surface area (Å²) < 4.78 is 8.39. The van der Waals surface area contributed by atoms with Gasteiger partial charge >= 0.3 is 0 Å². The number of ether oxygens (including phenoxy) is 1. The molecule has 0 spiro atoms. The topological polar surface area (TPSA) is 119 Å². The third-order valence-corrected chi connectivity index (χ3v) is 6.76. The van der Waals surface area contributed by atoms with Gasteiger partial charge in [0.1, 0.15) is 34.2 Å². The fourth-order valence-electron chi connectivity index (χ4n) is 4.96. The highest BCUT2D eigenvalue weighted by Gasteiger charge is 2.28. The number of rotatable bonds is 7. The lowest BCUT2D eigenvalue weighted by molar-refractivity contribution is 0.0970. The zero-order chi connectivity index (χ0) is 25.9. The molecule has 0 unspecified atom stereocenters. The first kappa shape index (κ1) is 26.9. The number of hydrogen-bond donors (Lipinski definition) is 1. The maximum atomic E-state index is 13.8. The number of piperidine rings is 1. The van der Waals surface area contributed by atoms with E-state index >= 15 is 0 Å². The first-order valence-electron chi connectivity index (χ1n) is 12.2. The van der Waals surface area contributed by atoms with Crippen LogP contribution in [0.25, 0.3) is 11.0 Å². The molecular weight excluding hydrogens is 504 g/mol. The largest absolute Gasteiger partial charge is 0.497 e. The van der Waals surface area contributed by atoms with Crippen molar-refractivity contribution in [2.45, 2.75) is 32.0 Å². The summed E-state index contributed by atoms with van der Waals surface area (Å²) in [6.07, 6.45) is 3.16. The van der Waals surface area contributed by atoms with Crippen molar-refractivity contribution < 1.29 is 9.53 Å². The maximum Gasteiger partial charge on any atom is 0.278 e. The van der Waals surface area contributed by atoms with Crippen LogP contribution in [0.2, 0.25) is 0 Å². The molecule has 1 fully saturated rings. The average Bonchev–Trinajstić information content (AvgIpc) is 3.24. The molecule has 5 rings (SSSR count). The quantitative estimate of drug-likeness (QED) is 0.362. The summed E-state index contributed by atoms with van der Waals surface area (Å²) in [6, 6.07) is 18.8. The molecule has 0 bridgehead atoms. The number of nitriles is 1. The molecule has 1 aliphatic rings. The Hall–Kier alpha value is -4.13. The standard InChI is InChI=1S/C28H28N6O3.ClH/c1-37-22-11-5-9-20(13-22)24(35)17-33-18-31-25-23(14-29)27(32-12-6-10-21(30)16-32)34(26(25)28(33)36)15-19-7-3-2-4-8-19;/h2-5,7-9,11,13,18,21H,6,10,12,15-17,30H2,1H3;1H/t21-;/m0./s1. The first-order valence-corrected chi connectivity index (χ1v) is 12.2. The van der Waals surface area contributed by atoms with E-state index in [1.165, 1.54) is 18.0 Å². The van der Waals surface area contributed by atoms with Gasteiger partial charge in [-0.1, -0.05) is 42.5 Å². The Balaban J connectivity index is 0.00000336. The van der Waals surface area contributed by atoms with Gasteiger partial charge in [-0.15, -0.1) is 12.4 Å². The lowest BCUT2D eigenvalue weighted by atomic mass is 10.1. The maximum absolute atomic E-state index is 13.8. The molecule has 1 atom stereocenters. The molecule has 0 amide bonds. The van der Waals surface area contributed by atoms with Crippen LogP contribution in [0.15, 0.2) is 65.7 Å². The van der Waals surface area contributed by atoms with Gasteiger partial charge in [-0.05, 0) is 30.5 Å². The van der Waals surface area contributed by atoms with Gasteiger partial charge < -0.3 is 19.9 Å². The third-order valence-electron chi connectivity index (χ3n) is 6.76. The molecule has 9 nitrogen and oxygen atoms in total. The molecule has 0 aliphatic carbocycles.